The second-order valence-electron chi connectivity index (χ2n) is 12.4. The van der Waals surface area contributed by atoms with Crippen LogP contribution in [0.15, 0.2) is 103 Å². The lowest BCUT2D eigenvalue weighted by Crippen LogP contribution is -2.37. The van der Waals surface area contributed by atoms with Gasteiger partial charge < -0.3 is 0 Å². The van der Waals surface area contributed by atoms with Crippen molar-refractivity contribution in [3.05, 3.63) is 103 Å². The molecule has 0 aliphatic heterocycles. The summed E-state index contributed by atoms with van der Waals surface area (Å²) in [5.41, 5.74) is 9.58. The zero-order chi connectivity index (χ0) is 28.4. The molecule has 5 heteroatoms. The van der Waals surface area contributed by atoms with E-state index < -0.39 is 7.26 Å². The third-order valence-corrected chi connectivity index (χ3v) is 15.3. The van der Waals surface area contributed by atoms with Gasteiger partial charge in [0.25, 0.3) is 0 Å². The van der Waals surface area contributed by atoms with Gasteiger partial charge in [-0.1, -0.05) is 91.7 Å². The van der Waals surface area contributed by atoms with E-state index in [1.54, 1.807) is 0 Å². The van der Waals surface area contributed by atoms with Crippen LogP contribution in [0.25, 0.3) is 33.9 Å². The summed E-state index contributed by atoms with van der Waals surface area (Å²) in [6, 6.07) is 34.5. The van der Waals surface area contributed by atoms with E-state index in [9.17, 15) is 0 Å². The summed E-state index contributed by atoms with van der Waals surface area (Å²) in [5.74, 6) is 0. The Morgan fingerprint density at radius 3 is 1.69 bits per heavy atom. The Morgan fingerprint density at radius 1 is 0.595 bits per heavy atom. The standard InChI is InChI=1S/C37H42N4P/c1-42(32-23-13-5-14-24-32,33-25-15-6-16-26-33)34-27-28-38-41(34)37-35(29-17-7-2-8-18-29)39-40(31-21-11-4-12-22-31)36(37)30-19-9-3-10-20-30/h2-4,7-12,17-22,27-28,32-33H,5-6,13-16,23-26H2,1H3/q+1. The fraction of sp³-hybridized carbons (Fsp3) is 0.351. The molecular weight excluding hydrogens is 531 g/mol. The zero-order valence-corrected chi connectivity index (χ0v) is 25.7. The fourth-order valence-electron chi connectivity index (χ4n) is 7.75. The van der Waals surface area contributed by atoms with Crippen LogP contribution in [0.2, 0.25) is 0 Å². The van der Waals surface area contributed by atoms with E-state index in [0.29, 0.717) is 0 Å². The van der Waals surface area contributed by atoms with Crippen LogP contribution in [0.5, 0.6) is 0 Å². The maximum atomic E-state index is 5.40. The topological polar surface area (TPSA) is 35.6 Å². The van der Waals surface area contributed by atoms with Gasteiger partial charge in [-0.2, -0.15) is 14.9 Å². The molecule has 0 radical (unpaired) electrons. The molecular formula is C37H42N4P+. The predicted molar refractivity (Wildman–Crippen MR) is 178 cm³/mol. The summed E-state index contributed by atoms with van der Waals surface area (Å²) in [6.45, 7) is 2.71. The Labute approximate surface area is 251 Å². The SMILES string of the molecule is C[P+](c1ccnn1-c1c(-c2ccccc2)nn(-c2ccccc2)c1-c1ccccc1)(C1CCCCC1)C1CCCCC1. The van der Waals surface area contributed by atoms with Gasteiger partial charge >= 0.3 is 0 Å². The number of hydrogen-bond acceptors (Lipinski definition) is 2. The Hall–Kier alpha value is -3.49. The van der Waals surface area contributed by atoms with E-state index in [1.807, 2.05) is 0 Å². The van der Waals surface area contributed by atoms with Crippen LogP contribution in [-0.2, 0) is 0 Å². The van der Waals surface area contributed by atoms with Crippen molar-refractivity contribution in [2.75, 3.05) is 6.66 Å². The van der Waals surface area contributed by atoms with Crippen LogP contribution in [0, 0.1) is 0 Å². The molecule has 5 aromatic rings. The summed E-state index contributed by atoms with van der Waals surface area (Å²) >= 11 is 0. The minimum absolute atomic E-state index is 0.786. The normalized spacial score (nSPS) is 17.0. The van der Waals surface area contributed by atoms with Gasteiger partial charge in [-0.25, -0.2) is 4.68 Å². The Balaban J connectivity index is 1.51. The average molecular weight is 574 g/mol. The summed E-state index contributed by atoms with van der Waals surface area (Å²) < 4.78 is 4.50. The molecule has 42 heavy (non-hydrogen) atoms. The van der Waals surface area contributed by atoms with Gasteiger partial charge in [0, 0.05) is 17.2 Å². The lowest BCUT2D eigenvalue weighted by Gasteiger charge is -2.40. The average Bonchev–Trinajstić information content (AvgIpc) is 3.72. The van der Waals surface area contributed by atoms with Crippen molar-refractivity contribution in [1.82, 2.24) is 19.6 Å². The maximum absolute atomic E-state index is 5.40. The lowest BCUT2D eigenvalue weighted by molar-refractivity contribution is 0.481. The van der Waals surface area contributed by atoms with Crippen molar-refractivity contribution < 1.29 is 0 Å². The van der Waals surface area contributed by atoms with Crippen molar-refractivity contribution in [3.8, 4) is 33.9 Å². The monoisotopic (exact) mass is 573 g/mol. The molecule has 214 valence electrons. The molecule has 2 fully saturated rings. The number of benzene rings is 3. The number of aromatic nitrogens is 4. The number of para-hydroxylation sites is 1. The number of nitrogens with zero attached hydrogens (tertiary/aromatic N) is 4. The smallest absolute Gasteiger partial charge is 0.186 e. The molecule has 2 heterocycles. The Bertz CT molecular complexity index is 1580. The van der Waals surface area contributed by atoms with E-state index in [4.69, 9.17) is 10.2 Å². The lowest BCUT2D eigenvalue weighted by atomic mass is 9.99. The molecule has 0 unspecified atom stereocenters. The van der Waals surface area contributed by atoms with Crippen LogP contribution >= 0.6 is 7.26 Å². The quantitative estimate of drug-likeness (QED) is 0.182. The van der Waals surface area contributed by atoms with Crippen LogP contribution < -0.4 is 5.44 Å². The molecule has 2 aliphatic carbocycles. The molecule has 0 spiro atoms. The highest BCUT2D eigenvalue weighted by Gasteiger charge is 2.52. The molecule has 0 N–H and O–H groups in total. The second-order valence-corrected chi connectivity index (χ2v) is 16.6. The zero-order valence-electron chi connectivity index (χ0n) is 24.8. The maximum Gasteiger partial charge on any atom is 0.186 e. The highest BCUT2D eigenvalue weighted by Crippen LogP contribution is 2.69. The van der Waals surface area contributed by atoms with E-state index in [2.05, 4.69) is 119 Å². The van der Waals surface area contributed by atoms with Crippen molar-refractivity contribution in [2.45, 2.75) is 75.5 Å². The van der Waals surface area contributed by atoms with Crippen molar-refractivity contribution in [1.29, 1.82) is 0 Å². The van der Waals surface area contributed by atoms with E-state index in [1.165, 1.54) is 69.6 Å². The van der Waals surface area contributed by atoms with Gasteiger partial charge in [-0.05, 0) is 63.5 Å². The first-order valence-electron chi connectivity index (χ1n) is 16.0. The Kier molecular flexibility index (Phi) is 7.82. The van der Waals surface area contributed by atoms with Gasteiger partial charge in [0.2, 0.25) is 0 Å². The first-order chi connectivity index (χ1) is 20.7. The van der Waals surface area contributed by atoms with Crippen LogP contribution in [0.1, 0.15) is 64.2 Å². The highest BCUT2D eigenvalue weighted by molar-refractivity contribution is 7.83. The first kappa shape index (κ1) is 27.3. The fourth-order valence-corrected chi connectivity index (χ4v) is 12.9. The molecule has 4 nitrogen and oxygen atoms in total. The van der Waals surface area contributed by atoms with E-state index in [0.717, 1.165) is 45.2 Å². The van der Waals surface area contributed by atoms with Crippen LogP contribution in [0.3, 0.4) is 0 Å². The largest absolute Gasteiger partial charge is 0.230 e. The molecule has 2 aliphatic rings. The minimum Gasteiger partial charge on any atom is -0.230 e. The summed E-state index contributed by atoms with van der Waals surface area (Å²) in [5, 5.41) is 10.6. The molecule has 0 amide bonds. The molecule has 0 atom stereocenters. The van der Waals surface area contributed by atoms with Crippen molar-refractivity contribution in [2.24, 2.45) is 0 Å². The second kappa shape index (κ2) is 12.0. The molecule has 7 rings (SSSR count). The Morgan fingerprint density at radius 2 is 1.12 bits per heavy atom. The van der Waals surface area contributed by atoms with E-state index >= 15 is 0 Å². The number of rotatable bonds is 7. The summed E-state index contributed by atoms with van der Waals surface area (Å²) in [6.07, 6.45) is 15.8. The van der Waals surface area contributed by atoms with Gasteiger partial charge in [-0.3, -0.25) is 0 Å². The van der Waals surface area contributed by atoms with Gasteiger partial charge in [0.15, 0.2) is 5.44 Å². The molecule has 0 bridgehead atoms. The van der Waals surface area contributed by atoms with Gasteiger partial charge in [0.05, 0.1) is 37.1 Å². The molecule has 3 aromatic carbocycles. The minimum atomic E-state index is -1.55. The van der Waals surface area contributed by atoms with Crippen LogP contribution in [-0.4, -0.2) is 37.5 Å². The van der Waals surface area contributed by atoms with Crippen molar-refractivity contribution in [3.63, 3.8) is 0 Å². The first-order valence-corrected chi connectivity index (χ1v) is 18.3. The number of hydrogen-bond donors (Lipinski definition) is 0. The van der Waals surface area contributed by atoms with Crippen LogP contribution in [0.4, 0.5) is 0 Å². The van der Waals surface area contributed by atoms with Crippen molar-refractivity contribution >= 4 is 12.7 Å². The van der Waals surface area contributed by atoms with Gasteiger partial charge in [-0.15, -0.1) is 0 Å². The predicted octanol–water partition coefficient (Wildman–Crippen LogP) is 9.33. The van der Waals surface area contributed by atoms with Gasteiger partial charge in [0.1, 0.15) is 17.1 Å². The molecule has 0 saturated heterocycles. The third kappa shape index (κ3) is 4.94. The third-order valence-electron chi connectivity index (χ3n) is 9.95. The summed E-state index contributed by atoms with van der Waals surface area (Å²) in [4.78, 5) is 0. The van der Waals surface area contributed by atoms with E-state index in [-0.39, 0.29) is 0 Å². The highest BCUT2D eigenvalue weighted by atomic mass is 31.2. The molecule has 2 saturated carbocycles. The molecule has 2 aromatic heterocycles. The summed E-state index contributed by atoms with van der Waals surface area (Å²) in [7, 11) is -1.55.